The fourth-order valence-corrected chi connectivity index (χ4v) is 5.59. The molecule has 0 aromatic carbocycles. The fourth-order valence-electron chi connectivity index (χ4n) is 3.44. The lowest BCUT2D eigenvalue weighted by atomic mass is 9.93. The number of hydrogen-bond donors (Lipinski definition) is 5. The van der Waals surface area contributed by atoms with Crippen LogP contribution in [-0.2, 0) is 36.8 Å². The van der Waals surface area contributed by atoms with Gasteiger partial charge in [0.05, 0.1) is 12.7 Å². The van der Waals surface area contributed by atoms with Crippen LogP contribution in [0.1, 0.15) is 13.2 Å². The number of nitrogens with one attached hydrogen (secondary N) is 1. The molecule has 0 amide bonds. The van der Waals surface area contributed by atoms with Gasteiger partial charge >= 0.3 is 5.69 Å². The lowest BCUT2D eigenvalue weighted by molar-refractivity contribution is -0.284. The zero-order valence-corrected chi connectivity index (χ0v) is 20.0. The van der Waals surface area contributed by atoms with Crippen LogP contribution in [0.5, 0.6) is 0 Å². The number of carbonyl (C=O) groups excluding carboxylic acids is 1. The number of phosphoric ester groups is 2. The molecule has 0 radical (unpaired) electrons. The maximum Gasteiger partial charge on any atom is 0.330 e. The number of aromatic nitrogens is 2. The number of aliphatic hydroxyl groups is 4. The van der Waals surface area contributed by atoms with E-state index in [1.54, 1.807) is 0 Å². The summed E-state index contributed by atoms with van der Waals surface area (Å²) in [6, 6.07) is 0.924. The number of aldehydes is 1. The predicted molar refractivity (Wildman–Crippen MR) is 106 cm³/mol. The number of H-pyrrole nitrogens is 1. The number of aromatic amines is 1. The van der Waals surface area contributed by atoms with E-state index < -0.39 is 88.6 Å². The van der Waals surface area contributed by atoms with Crippen molar-refractivity contribution in [2.75, 3.05) is 6.61 Å². The molecule has 0 bridgehead atoms. The second-order valence-corrected chi connectivity index (χ2v) is 10.8. The van der Waals surface area contributed by atoms with Gasteiger partial charge in [-0.3, -0.25) is 28.0 Å². The molecule has 3 rings (SSSR count). The monoisotopic (exact) mass is 560 g/mol. The normalized spacial score (nSPS) is 38.2. The summed E-state index contributed by atoms with van der Waals surface area (Å²) < 4.78 is 47.8. The van der Waals surface area contributed by atoms with Crippen molar-refractivity contribution in [3.63, 3.8) is 0 Å². The highest BCUT2D eigenvalue weighted by molar-refractivity contribution is 7.59. The van der Waals surface area contributed by atoms with E-state index in [2.05, 4.69) is 13.4 Å². The number of carbonyl (C=O) groups is 1. The third kappa shape index (κ3) is 6.43. The third-order valence-electron chi connectivity index (χ3n) is 5.37. The van der Waals surface area contributed by atoms with E-state index in [1.807, 2.05) is 4.98 Å². The first-order valence-corrected chi connectivity index (χ1v) is 13.0. The van der Waals surface area contributed by atoms with Crippen molar-refractivity contribution in [2.45, 2.75) is 56.1 Å². The molecule has 2 fully saturated rings. The Morgan fingerprint density at radius 3 is 2.36 bits per heavy atom. The van der Waals surface area contributed by atoms with Gasteiger partial charge in [0.2, 0.25) is 0 Å². The lowest BCUT2D eigenvalue weighted by Gasteiger charge is -2.41. The second-order valence-electron chi connectivity index (χ2n) is 7.89. The number of ether oxygens (including phenoxy) is 2. The maximum absolute atomic E-state index is 12.1. The predicted octanol–water partition coefficient (Wildman–Crippen LogP) is -4.58. The molecule has 0 saturated carbocycles. The van der Waals surface area contributed by atoms with Crippen LogP contribution < -0.4 is 21.0 Å². The molecule has 1 aromatic rings. The summed E-state index contributed by atoms with van der Waals surface area (Å²) in [7, 11) is -11.5. The summed E-state index contributed by atoms with van der Waals surface area (Å²) in [5, 5.41) is 39.8. The van der Waals surface area contributed by atoms with Crippen LogP contribution in [0.4, 0.5) is 0 Å². The summed E-state index contributed by atoms with van der Waals surface area (Å²) in [6.45, 7) is 0.100. The molecule has 36 heavy (non-hydrogen) atoms. The average molecular weight is 560 g/mol. The van der Waals surface area contributed by atoms with E-state index in [1.165, 1.54) is 6.92 Å². The molecule has 5 N–H and O–H groups in total. The van der Waals surface area contributed by atoms with Gasteiger partial charge in [0.1, 0.15) is 30.5 Å². The molecule has 11 atom stereocenters. The zero-order chi connectivity index (χ0) is 27.0. The van der Waals surface area contributed by atoms with Crippen LogP contribution in [-0.4, -0.2) is 85.8 Å². The fraction of sp³-hybridized carbons (Fsp3) is 0.688. The zero-order valence-electron chi connectivity index (χ0n) is 18.2. The Morgan fingerprint density at radius 1 is 1.08 bits per heavy atom. The van der Waals surface area contributed by atoms with Crippen molar-refractivity contribution in [3.05, 3.63) is 33.1 Å². The largest absolute Gasteiger partial charge is 0.756 e. The first-order chi connectivity index (χ1) is 16.7. The molecule has 1 aromatic heterocycles. The molecule has 2 aliphatic rings. The van der Waals surface area contributed by atoms with E-state index >= 15 is 0 Å². The molecule has 2 aliphatic heterocycles. The standard InChI is InChI=1S/C16H24N2O16P2/c1-6-10(21)11(22)7(4-19)32-15(6)33-36(28,29)34-35(26,27)30-5-8-12(23)13(24)14(31-8)18-3-2-9(20)17-16(18)25/h2-4,6-8,10-15,21-24H,5H2,1H3,(H,26,27)(H,28,29)(H,17,20,25)/p-2/t6?,7?,8?,10-,11+,12?,13?,14?,15+/m1/s1. The number of rotatable bonds is 9. The molecule has 3 heterocycles. The summed E-state index contributed by atoms with van der Waals surface area (Å²) >= 11 is 0. The van der Waals surface area contributed by atoms with Gasteiger partial charge in [0.25, 0.3) is 21.2 Å². The first kappa shape index (κ1) is 28.9. The molecule has 0 aliphatic carbocycles. The number of nitrogens with zero attached hydrogens (tertiary/aromatic N) is 1. The van der Waals surface area contributed by atoms with Gasteiger partial charge in [-0.25, -0.2) is 9.11 Å². The minimum absolute atomic E-state index is 0.0735. The van der Waals surface area contributed by atoms with Gasteiger partial charge < -0.3 is 49.0 Å². The van der Waals surface area contributed by atoms with Crippen molar-refractivity contribution in [1.82, 2.24) is 9.55 Å². The Balaban J connectivity index is 1.62. The summed E-state index contributed by atoms with van der Waals surface area (Å²) in [6.07, 6.45) is -12.7. The number of phosphoric acid groups is 2. The molecule has 0 spiro atoms. The van der Waals surface area contributed by atoms with E-state index in [0.717, 1.165) is 12.3 Å². The Morgan fingerprint density at radius 2 is 1.75 bits per heavy atom. The SMILES string of the molecule is CC1[C@H](OP(=O)([O-])OP(=O)([O-])OCC2OC(n3ccc(=O)[nH]c3=O)C(O)C2O)OC(C=O)[C@H](O)[C@@H]1O. The summed E-state index contributed by atoms with van der Waals surface area (Å²) in [5.41, 5.74) is -1.76. The van der Waals surface area contributed by atoms with Crippen LogP contribution >= 0.6 is 15.6 Å². The Labute approximate surface area is 200 Å². The summed E-state index contributed by atoms with van der Waals surface area (Å²) in [5.74, 6) is -1.24. The smallest absolute Gasteiger partial charge is 0.330 e. The van der Waals surface area contributed by atoms with Crippen molar-refractivity contribution in [2.24, 2.45) is 5.92 Å². The highest BCUT2D eigenvalue weighted by Crippen LogP contribution is 2.57. The number of hydrogen-bond acceptors (Lipinski definition) is 16. The molecular formula is C16H22N2O16P2-2. The van der Waals surface area contributed by atoms with E-state index in [0.29, 0.717) is 4.57 Å². The minimum atomic E-state index is -5.78. The molecule has 8 unspecified atom stereocenters. The highest BCUT2D eigenvalue weighted by atomic mass is 31.3. The third-order valence-corrected chi connectivity index (χ3v) is 7.90. The lowest BCUT2D eigenvalue weighted by Crippen LogP contribution is -2.54. The second kappa shape index (κ2) is 11.0. The van der Waals surface area contributed by atoms with Gasteiger partial charge in [-0.15, -0.1) is 0 Å². The Bertz CT molecular complexity index is 1160. The Hall–Kier alpha value is -1.63. The van der Waals surface area contributed by atoms with Gasteiger partial charge in [-0.1, -0.05) is 6.92 Å². The van der Waals surface area contributed by atoms with Gasteiger partial charge in [0.15, 0.2) is 18.8 Å². The van der Waals surface area contributed by atoms with Crippen molar-refractivity contribution >= 4 is 21.9 Å². The maximum atomic E-state index is 12.1. The van der Waals surface area contributed by atoms with Crippen LogP contribution in [0.25, 0.3) is 0 Å². The average Bonchev–Trinajstić information content (AvgIpc) is 3.06. The Kier molecular flexibility index (Phi) is 8.84. The van der Waals surface area contributed by atoms with E-state index in [4.69, 9.17) is 9.47 Å². The van der Waals surface area contributed by atoms with Gasteiger partial charge in [-0.05, 0) is 0 Å². The molecule has 2 saturated heterocycles. The molecule has 18 nitrogen and oxygen atoms in total. The van der Waals surface area contributed by atoms with Gasteiger partial charge in [0, 0.05) is 18.2 Å². The van der Waals surface area contributed by atoms with Crippen molar-refractivity contribution in [1.29, 1.82) is 0 Å². The van der Waals surface area contributed by atoms with Gasteiger partial charge in [-0.2, -0.15) is 0 Å². The summed E-state index contributed by atoms with van der Waals surface area (Å²) in [4.78, 5) is 60.0. The van der Waals surface area contributed by atoms with Crippen molar-refractivity contribution in [3.8, 4) is 0 Å². The first-order valence-electron chi connectivity index (χ1n) is 10.1. The van der Waals surface area contributed by atoms with Crippen LogP contribution in [0.2, 0.25) is 0 Å². The van der Waals surface area contributed by atoms with Crippen LogP contribution in [0.15, 0.2) is 21.9 Å². The quantitative estimate of drug-likeness (QED) is 0.140. The number of aliphatic hydroxyl groups excluding tert-OH is 4. The van der Waals surface area contributed by atoms with E-state index in [9.17, 15) is 53.7 Å². The van der Waals surface area contributed by atoms with Crippen molar-refractivity contribution < 1.29 is 67.0 Å². The highest BCUT2D eigenvalue weighted by Gasteiger charge is 2.46. The molecule has 20 heteroatoms. The van der Waals surface area contributed by atoms with E-state index in [-0.39, 0.29) is 6.29 Å². The topological polar surface area (TPSA) is 279 Å². The molecular weight excluding hydrogens is 538 g/mol. The minimum Gasteiger partial charge on any atom is -0.756 e. The van der Waals surface area contributed by atoms with Crippen LogP contribution in [0, 0.1) is 5.92 Å². The molecule has 204 valence electrons. The van der Waals surface area contributed by atoms with Crippen LogP contribution in [0.3, 0.4) is 0 Å².